The SMILES string of the molecule is c1ccc(-n2c3ccccc3c3c4c5ccccc5n(-c5cccc(-c6ccc7c8c(cccc68)-c6ccccc6-7)c5)c4c4c5ccccc5sc4c32)cc1. The summed E-state index contributed by atoms with van der Waals surface area (Å²) in [4.78, 5) is 0. The molecule has 1 aliphatic carbocycles. The average molecular weight is 715 g/mol. The van der Waals surface area contributed by atoms with Crippen molar-refractivity contribution in [3.8, 4) is 44.8 Å². The van der Waals surface area contributed by atoms with Crippen LogP contribution in [0, 0.1) is 0 Å². The van der Waals surface area contributed by atoms with Crippen molar-refractivity contribution >= 4 is 85.9 Å². The number of benzene rings is 9. The summed E-state index contributed by atoms with van der Waals surface area (Å²) in [5, 5.41) is 10.4. The minimum absolute atomic E-state index is 1.16. The van der Waals surface area contributed by atoms with Crippen LogP contribution < -0.4 is 0 Å². The van der Waals surface area contributed by atoms with Crippen molar-refractivity contribution in [2.24, 2.45) is 0 Å². The lowest BCUT2D eigenvalue weighted by atomic mass is 9.94. The molecule has 0 N–H and O–H groups in total. The topological polar surface area (TPSA) is 9.86 Å². The van der Waals surface area contributed by atoms with E-state index < -0.39 is 0 Å². The Morgan fingerprint density at radius 1 is 0.327 bits per heavy atom. The number of fused-ring (bicyclic) bond motifs is 15. The minimum Gasteiger partial charge on any atom is -0.309 e. The summed E-state index contributed by atoms with van der Waals surface area (Å²) in [5.41, 5.74) is 15.1. The number of hydrogen-bond acceptors (Lipinski definition) is 1. The number of nitrogens with zero attached hydrogens (tertiary/aromatic N) is 2. The molecule has 3 heteroatoms. The molecule has 0 amide bonds. The van der Waals surface area contributed by atoms with E-state index in [0.29, 0.717) is 0 Å². The third-order valence-corrected chi connectivity index (χ3v) is 13.2. The molecule has 9 aromatic carbocycles. The smallest absolute Gasteiger partial charge is 0.0727 e. The van der Waals surface area contributed by atoms with Gasteiger partial charge in [0, 0.05) is 48.4 Å². The van der Waals surface area contributed by atoms with Gasteiger partial charge in [-0.25, -0.2) is 0 Å². The van der Waals surface area contributed by atoms with Crippen LogP contribution in [0.3, 0.4) is 0 Å². The molecule has 1 aliphatic rings. The highest BCUT2D eigenvalue weighted by Gasteiger charge is 2.27. The third-order valence-electron chi connectivity index (χ3n) is 12.0. The maximum Gasteiger partial charge on any atom is 0.0727 e. The molecule has 12 aromatic rings. The number of para-hydroxylation sites is 3. The van der Waals surface area contributed by atoms with E-state index in [1.165, 1.54) is 114 Å². The van der Waals surface area contributed by atoms with Gasteiger partial charge in [0.05, 0.1) is 26.8 Å². The molecule has 0 saturated carbocycles. The Hall–Kier alpha value is -6.94. The van der Waals surface area contributed by atoms with E-state index in [9.17, 15) is 0 Å². The minimum atomic E-state index is 1.16. The highest BCUT2D eigenvalue weighted by Crippen LogP contribution is 2.52. The van der Waals surface area contributed by atoms with E-state index in [-0.39, 0.29) is 0 Å². The summed E-state index contributed by atoms with van der Waals surface area (Å²) in [6.07, 6.45) is 0. The normalized spacial score (nSPS) is 12.4. The van der Waals surface area contributed by atoms with Crippen molar-refractivity contribution < 1.29 is 0 Å². The summed E-state index contributed by atoms with van der Waals surface area (Å²) in [5.74, 6) is 0. The van der Waals surface area contributed by atoms with E-state index in [2.05, 4.69) is 191 Å². The first kappa shape index (κ1) is 29.5. The fraction of sp³-hybridized carbons (Fsp3) is 0. The van der Waals surface area contributed by atoms with Crippen LogP contribution in [-0.2, 0) is 0 Å². The lowest BCUT2D eigenvalue weighted by Crippen LogP contribution is -1.96. The van der Waals surface area contributed by atoms with Gasteiger partial charge < -0.3 is 9.13 Å². The van der Waals surface area contributed by atoms with E-state index in [4.69, 9.17) is 0 Å². The molecule has 0 aliphatic heterocycles. The van der Waals surface area contributed by atoms with Gasteiger partial charge in [0.1, 0.15) is 0 Å². The summed E-state index contributed by atoms with van der Waals surface area (Å²) < 4.78 is 7.67. The van der Waals surface area contributed by atoms with Crippen molar-refractivity contribution in [3.63, 3.8) is 0 Å². The Kier molecular flexibility index (Phi) is 5.80. The molecular formula is C52H30N2S. The molecule has 3 heterocycles. The Bertz CT molecular complexity index is 3570. The lowest BCUT2D eigenvalue weighted by Gasteiger charge is -2.14. The fourth-order valence-corrected chi connectivity index (χ4v) is 11.1. The molecule has 0 spiro atoms. The fourth-order valence-electron chi connectivity index (χ4n) is 9.87. The molecule has 0 fully saturated rings. The molecule has 0 atom stereocenters. The van der Waals surface area contributed by atoms with Crippen LogP contribution in [0.25, 0.3) is 119 Å². The quantitative estimate of drug-likeness (QED) is 0.172. The maximum atomic E-state index is 2.56. The predicted molar refractivity (Wildman–Crippen MR) is 235 cm³/mol. The first-order valence-electron chi connectivity index (χ1n) is 18.9. The van der Waals surface area contributed by atoms with Gasteiger partial charge in [0.25, 0.3) is 0 Å². The molecule has 0 radical (unpaired) electrons. The zero-order valence-corrected chi connectivity index (χ0v) is 30.4. The van der Waals surface area contributed by atoms with Crippen molar-refractivity contribution in [1.82, 2.24) is 9.13 Å². The number of rotatable bonds is 3. The monoisotopic (exact) mass is 714 g/mol. The molecular weight excluding hydrogens is 685 g/mol. The van der Waals surface area contributed by atoms with Gasteiger partial charge in [0.2, 0.25) is 0 Å². The van der Waals surface area contributed by atoms with E-state index >= 15 is 0 Å². The molecule has 0 saturated heterocycles. The third kappa shape index (κ3) is 3.82. The van der Waals surface area contributed by atoms with Crippen molar-refractivity contribution in [3.05, 3.63) is 182 Å². The largest absolute Gasteiger partial charge is 0.309 e. The average Bonchev–Trinajstić information content (AvgIpc) is 3.99. The van der Waals surface area contributed by atoms with Gasteiger partial charge in [0.15, 0.2) is 0 Å². The Morgan fingerprint density at radius 2 is 0.873 bits per heavy atom. The van der Waals surface area contributed by atoms with Crippen molar-refractivity contribution in [2.45, 2.75) is 0 Å². The summed E-state index contributed by atoms with van der Waals surface area (Å²) in [7, 11) is 0. The molecule has 55 heavy (non-hydrogen) atoms. The number of hydrogen-bond donors (Lipinski definition) is 0. The van der Waals surface area contributed by atoms with Crippen molar-refractivity contribution in [2.75, 3.05) is 0 Å². The standard InChI is InChI=1S/C52H30N2S/c1-2-15-32(16-3-1)53-43-25-9-7-21-41(43)48-47-40-20-6-10-26-44(40)54(50(47)49-42-22-8-11-27-45(42)55-52(49)51(48)53)33-17-12-14-31(30-33)34-28-29-39-36-19-5-4-18-35(36)38-24-13-23-37(34)46(38)39/h1-30H. The zero-order valence-electron chi connectivity index (χ0n) is 29.6. The second-order valence-corrected chi connectivity index (χ2v) is 15.8. The maximum absolute atomic E-state index is 2.56. The number of aromatic nitrogens is 2. The predicted octanol–water partition coefficient (Wildman–Crippen LogP) is 14.7. The summed E-state index contributed by atoms with van der Waals surface area (Å²) >= 11 is 1.91. The van der Waals surface area contributed by atoms with Crippen molar-refractivity contribution in [1.29, 1.82) is 0 Å². The summed E-state index contributed by atoms with van der Waals surface area (Å²) in [6.45, 7) is 0. The van der Waals surface area contributed by atoms with Gasteiger partial charge in [-0.15, -0.1) is 11.3 Å². The van der Waals surface area contributed by atoms with Crippen LogP contribution >= 0.6 is 11.3 Å². The molecule has 0 unspecified atom stereocenters. The van der Waals surface area contributed by atoms with Crippen LogP contribution in [-0.4, -0.2) is 9.13 Å². The molecule has 2 nitrogen and oxygen atoms in total. The van der Waals surface area contributed by atoms with Crippen LogP contribution in [0.15, 0.2) is 182 Å². The first-order chi connectivity index (χ1) is 27.3. The first-order valence-corrected chi connectivity index (χ1v) is 19.8. The lowest BCUT2D eigenvalue weighted by molar-refractivity contribution is 1.18. The van der Waals surface area contributed by atoms with Gasteiger partial charge >= 0.3 is 0 Å². The van der Waals surface area contributed by atoms with E-state index in [0.717, 1.165) is 5.69 Å². The van der Waals surface area contributed by atoms with E-state index in [1.807, 2.05) is 11.3 Å². The zero-order chi connectivity index (χ0) is 35.8. The van der Waals surface area contributed by atoms with Gasteiger partial charge in [-0.2, -0.15) is 0 Å². The Balaban J connectivity index is 1.18. The Labute approximate surface area is 320 Å². The highest BCUT2D eigenvalue weighted by molar-refractivity contribution is 7.27. The second-order valence-electron chi connectivity index (χ2n) is 14.8. The molecule has 3 aromatic heterocycles. The van der Waals surface area contributed by atoms with Crippen LogP contribution in [0.4, 0.5) is 0 Å². The van der Waals surface area contributed by atoms with E-state index in [1.54, 1.807) is 0 Å². The number of thiophene rings is 1. The molecule has 0 bridgehead atoms. The highest BCUT2D eigenvalue weighted by atomic mass is 32.1. The van der Waals surface area contributed by atoms with Gasteiger partial charge in [-0.05, 0) is 86.6 Å². The summed E-state index contributed by atoms with van der Waals surface area (Å²) in [6, 6.07) is 67.4. The molecule has 13 rings (SSSR count). The van der Waals surface area contributed by atoms with Gasteiger partial charge in [-0.3, -0.25) is 0 Å². The molecule has 254 valence electrons. The van der Waals surface area contributed by atoms with Crippen LogP contribution in [0.2, 0.25) is 0 Å². The Morgan fingerprint density at radius 3 is 1.65 bits per heavy atom. The second kappa shape index (κ2) is 10.8. The van der Waals surface area contributed by atoms with Crippen LogP contribution in [0.5, 0.6) is 0 Å². The van der Waals surface area contributed by atoms with Crippen LogP contribution in [0.1, 0.15) is 0 Å². The van der Waals surface area contributed by atoms with Gasteiger partial charge in [-0.1, -0.05) is 140 Å².